The molecule has 1 aromatic carbocycles. The van der Waals surface area contributed by atoms with Crippen molar-refractivity contribution in [3.8, 4) is 0 Å². The smallest absolute Gasteiger partial charge is 0.308 e. The number of esters is 1. The van der Waals surface area contributed by atoms with Crippen molar-refractivity contribution in [1.29, 1.82) is 0 Å². The number of ether oxygens (including phenoxy) is 1. The molecule has 1 aromatic rings. The van der Waals surface area contributed by atoms with Gasteiger partial charge in [-0.15, -0.1) is 0 Å². The van der Waals surface area contributed by atoms with Gasteiger partial charge in [0, 0.05) is 0 Å². The van der Waals surface area contributed by atoms with Gasteiger partial charge >= 0.3 is 5.97 Å². The molecule has 5 atom stereocenters. The lowest BCUT2D eigenvalue weighted by Gasteiger charge is -2.49. The molecule has 38 heavy (non-hydrogen) atoms. The van der Waals surface area contributed by atoms with E-state index in [0.717, 1.165) is 44.9 Å². The normalized spacial score (nSPS) is 27.2. The van der Waals surface area contributed by atoms with E-state index in [-0.39, 0.29) is 29.5 Å². The third-order valence-corrected chi connectivity index (χ3v) is 14.0. The Hall–Kier alpha value is -1.43. The molecule has 2 fully saturated rings. The van der Waals surface area contributed by atoms with Crippen molar-refractivity contribution in [2.45, 2.75) is 128 Å². The average molecular weight is 543 g/mol. The monoisotopic (exact) mass is 542 g/mol. The zero-order valence-corrected chi connectivity index (χ0v) is 26.0. The van der Waals surface area contributed by atoms with Gasteiger partial charge in [-0.25, -0.2) is 0 Å². The van der Waals surface area contributed by atoms with Gasteiger partial charge in [-0.3, -0.25) is 4.79 Å². The van der Waals surface area contributed by atoms with Crippen LogP contribution in [0.5, 0.6) is 0 Å². The van der Waals surface area contributed by atoms with E-state index < -0.39 is 13.9 Å². The van der Waals surface area contributed by atoms with Crippen LogP contribution in [0.2, 0.25) is 18.1 Å². The predicted molar refractivity (Wildman–Crippen MR) is 159 cm³/mol. The van der Waals surface area contributed by atoms with Gasteiger partial charge in [0.05, 0.1) is 24.7 Å². The number of fused-ring (bicyclic) bond motifs is 1. The number of hydrogen-bond acceptors (Lipinski definition) is 4. The van der Waals surface area contributed by atoms with Crippen molar-refractivity contribution in [2.75, 3.05) is 6.61 Å². The van der Waals surface area contributed by atoms with Crippen molar-refractivity contribution < 1.29 is 19.1 Å². The highest BCUT2D eigenvalue weighted by Crippen LogP contribution is 2.50. The van der Waals surface area contributed by atoms with Gasteiger partial charge in [-0.05, 0) is 86.9 Å². The highest BCUT2D eigenvalue weighted by molar-refractivity contribution is 6.74. The maximum atomic E-state index is 12.3. The van der Waals surface area contributed by atoms with Gasteiger partial charge in [0.25, 0.3) is 0 Å². The minimum absolute atomic E-state index is 0.140. The Labute approximate surface area is 233 Å². The summed E-state index contributed by atoms with van der Waals surface area (Å²) in [5.41, 5.74) is 0.368. The molecule has 5 heteroatoms. The first-order chi connectivity index (χ1) is 17.9. The van der Waals surface area contributed by atoms with Gasteiger partial charge in [-0.1, -0.05) is 88.9 Å². The average Bonchev–Trinajstić information content (AvgIpc) is 2.85. The summed E-state index contributed by atoms with van der Waals surface area (Å²) >= 11 is 0. The molecule has 2 aliphatic carbocycles. The van der Waals surface area contributed by atoms with Crippen molar-refractivity contribution >= 4 is 14.3 Å². The Morgan fingerprint density at radius 1 is 1.16 bits per heavy atom. The van der Waals surface area contributed by atoms with Crippen LogP contribution in [-0.2, 0) is 14.0 Å². The molecular weight excluding hydrogens is 488 g/mol. The SMILES string of the molecule is CCOC(=O)CC1(O)CC(/C=C/CCCCC(O[Si](C)(C)C(C)(C)C)c2ccccc2)CC2CCCCC21. The first-order valence-electron chi connectivity index (χ1n) is 15.2. The van der Waals surface area contributed by atoms with Crippen molar-refractivity contribution in [2.24, 2.45) is 17.8 Å². The number of aliphatic hydroxyl groups is 1. The fraction of sp³-hybridized carbons (Fsp3) is 0.727. The van der Waals surface area contributed by atoms with E-state index >= 15 is 0 Å². The Bertz CT molecular complexity index is 890. The molecule has 0 amide bonds. The van der Waals surface area contributed by atoms with Crippen LogP contribution in [-0.4, -0.2) is 31.6 Å². The summed E-state index contributed by atoms with van der Waals surface area (Å²) in [4.78, 5) is 12.3. The van der Waals surface area contributed by atoms with Crippen LogP contribution in [0.25, 0.3) is 0 Å². The summed E-state index contributed by atoms with van der Waals surface area (Å²) in [6, 6.07) is 10.7. The molecule has 214 valence electrons. The van der Waals surface area contributed by atoms with Gasteiger partial charge < -0.3 is 14.3 Å². The predicted octanol–water partition coefficient (Wildman–Crippen LogP) is 8.77. The molecule has 5 unspecified atom stereocenters. The maximum absolute atomic E-state index is 12.3. The van der Waals surface area contributed by atoms with Crippen molar-refractivity contribution in [3.05, 3.63) is 48.0 Å². The second kappa shape index (κ2) is 13.8. The lowest BCUT2D eigenvalue weighted by molar-refractivity contribution is -0.159. The quantitative estimate of drug-likeness (QED) is 0.124. The van der Waals surface area contributed by atoms with Gasteiger partial charge in [0.15, 0.2) is 8.32 Å². The molecule has 0 aromatic heterocycles. The summed E-state index contributed by atoms with van der Waals surface area (Å²) in [5, 5.41) is 11.8. The van der Waals surface area contributed by atoms with Crippen LogP contribution in [0.1, 0.15) is 110 Å². The second-order valence-corrected chi connectivity index (χ2v) is 18.2. The Kier molecular flexibility index (Phi) is 11.3. The molecule has 3 rings (SSSR count). The Balaban J connectivity index is 1.54. The summed E-state index contributed by atoms with van der Waals surface area (Å²) in [6.07, 6.45) is 15.7. The van der Waals surface area contributed by atoms with Crippen LogP contribution in [0.15, 0.2) is 42.5 Å². The van der Waals surface area contributed by atoms with E-state index in [1.807, 2.05) is 6.92 Å². The zero-order chi connectivity index (χ0) is 27.8. The first-order valence-corrected chi connectivity index (χ1v) is 18.1. The largest absolute Gasteiger partial charge is 0.466 e. The van der Waals surface area contributed by atoms with E-state index in [4.69, 9.17) is 9.16 Å². The molecule has 1 N–H and O–H groups in total. The number of allylic oxidation sites excluding steroid dienone is 2. The van der Waals surface area contributed by atoms with E-state index in [0.29, 0.717) is 24.9 Å². The van der Waals surface area contributed by atoms with E-state index in [2.05, 4.69) is 76.3 Å². The lowest BCUT2D eigenvalue weighted by Crippen LogP contribution is -2.50. The molecule has 0 saturated heterocycles. The summed E-state index contributed by atoms with van der Waals surface area (Å²) in [6.45, 7) is 13.8. The minimum Gasteiger partial charge on any atom is -0.466 e. The molecule has 2 saturated carbocycles. The van der Waals surface area contributed by atoms with Crippen molar-refractivity contribution in [1.82, 2.24) is 0 Å². The molecule has 0 bridgehead atoms. The number of carbonyl (C=O) groups excluding carboxylic acids is 1. The summed E-state index contributed by atoms with van der Waals surface area (Å²) < 4.78 is 12.1. The van der Waals surface area contributed by atoms with Crippen LogP contribution < -0.4 is 0 Å². The van der Waals surface area contributed by atoms with Crippen LogP contribution in [0.4, 0.5) is 0 Å². The molecule has 2 aliphatic rings. The minimum atomic E-state index is -1.86. The summed E-state index contributed by atoms with van der Waals surface area (Å²) in [7, 11) is -1.86. The molecule has 0 aliphatic heterocycles. The fourth-order valence-electron chi connectivity index (χ4n) is 6.46. The molecular formula is C33H54O4Si. The van der Waals surface area contributed by atoms with E-state index in [9.17, 15) is 9.90 Å². The number of rotatable bonds is 12. The number of unbranched alkanes of at least 4 members (excludes halogenated alkanes) is 2. The van der Waals surface area contributed by atoms with Crippen LogP contribution in [0.3, 0.4) is 0 Å². The van der Waals surface area contributed by atoms with E-state index in [1.165, 1.54) is 18.4 Å². The molecule has 0 heterocycles. The highest BCUT2D eigenvalue weighted by Gasteiger charge is 2.49. The number of carbonyl (C=O) groups is 1. The Morgan fingerprint density at radius 3 is 2.55 bits per heavy atom. The van der Waals surface area contributed by atoms with Crippen LogP contribution in [0, 0.1) is 17.8 Å². The van der Waals surface area contributed by atoms with Gasteiger partial charge in [-0.2, -0.15) is 0 Å². The maximum Gasteiger partial charge on any atom is 0.308 e. The van der Waals surface area contributed by atoms with Gasteiger partial charge in [0.2, 0.25) is 0 Å². The standard InChI is InChI=1S/C33H54O4Si/c1-7-36-31(34)25-33(35)24-26(23-28-20-15-16-21-29(28)33)17-11-8-9-14-22-30(27-18-12-10-13-19-27)37-38(5,6)32(2,3)4/h10-13,17-19,26,28-30,35H,7-9,14-16,20-25H2,1-6H3/b17-11+. The van der Waals surface area contributed by atoms with Crippen LogP contribution >= 0.6 is 0 Å². The third kappa shape index (κ3) is 8.53. The highest BCUT2D eigenvalue weighted by atomic mass is 28.4. The fourth-order valence-corrected chi connectivity index (χ4v) is 7.78. The zero-order valence-electron chi connectivity index (χ0n) is 25.0. The van der Waals surface area contributed by atoms with Crippen molar-refractivity contribution in [3.63, 3.8) is 0 Å². The summed E-state index contributed by atoms with van der Waals surface area (Å²) in [5.74, 6) is 0.844. The lowest BCUT2D eigenvalue weighted by atomic mass is 9.59. The number of benzene rings is 1. The van der Waals surface area contributed by atoms with Gasteiger partial charge in [0.1, 0.15) is 0 Å². The number of hydrogen-bond donors (Lipinski definition) is 1. The van der Waals surface area contributed by atoms with E-state index in [1.54, 1.807) is 0 Å². The second-order valence-electron chi connectivity index (χ2n) is 13.4. The Morgan fingerprint density at radius 2 is 1.87 bits per heavy atom. The molecule has 0 radical (unpaired) electrons. The first kappa shape index (κ1) is 31.1. The topological polar surface area (TPSA) is 55.8 Å². The molecule has 4 nitrogen and oxygen atoms in total. The molecule has 0 spiro atoms. The third-order valence-electron chi connectivity index (χ3n) is 9.49.